The average Bonchev–Trinajstić information content (AvgIpc) is 2.79. The fraction of sp³-hybridized carbons (Fsp3) is 0.400. The maximum atomic E-state index is 11.0. The number of nitrogens with zero attached hydrogens (tertiary/aromatic N) is 4. The zero-order valence-electron chi connectivity index (χ0n) is 16.3. The minimum atomic E-state index is -1.45. The van der Waals surface area contributed by atoms with E-state index in [9.17, 15) is 10.1 Å². The van der Waals surface area contributed by atoms with Crippen molar-refractivity contribution >= 4 is 0 Å². The summed E-state index contributed by atoms with van der Waals surface area (Å²) in [5.74, 6) is 0. The van der Waals surface area contributed by atoms with E-state index in [-0.39, 0.29) is 13.2 Å². The Labute approximate surface area is 177 Å². The lowest BCUT2D eigenvalue weighted by Crippen LogP contribution is -2.62. The van der Waals surface area contributed by atoms with Crippen LogP contribution in [0.5, 0.6) is 0 Å². The summed E-state index contributed by atoms with van der Waals surface area (Å²) < 4.78 is 23.6. The molecule has 2 heterocycles. The van der Waals surface area contributed by atoms with Crippen molar-refractivity contribution in [3.05, 3.63) is 92.3 Å². The van der Waals surface area contributed by atoms with E-state index in [0.29, 0.717) is 0 Å². The molecule has 0 aromatic heterocycles. The summed E-state index contributed by atoms with van der Waals surface area (Å²) in [5, 5.41) is 13.7. The van der Waals surface area contributed by atoms with E-state index in [2.05, 4.69) is 14.9 Å². The Kier molecular flexibility index (Phi) is 6.60. The van der Waals surface area contributed by atoms with E-state index in [4.69, 9.17) is 24.5 Å². The second-order valence-corrected chi connectivity index (χ2v) is 7.01. The van der Waals surface area contributed by atoms with Gasteiger partial charge < -0.3 is 18.9 Å². The quantitative estimate of drug-likeness (QED) is 0.217. The molecule has 2 aromatic carbocycles. The van der Waals surface area contributed by atoms with Gasteiger partial charge in [-0.1, -0.05) is 65.8 Å². The van der Waals surface area contributed by atoms with Crippen molar-refractivity contribution in [2.75, 3.05) is 6.61 Å². The van der Waals surface area contributed by atoms with E-state index in [0.717, 1.165) is 11.1 Å². The lowest BCUT2D eigenvalue weighted by atomic mass is 9.96. The molecule has 0 saturated carbocycles. The van der Waals surface area contributed by atoms with Crippen LogP contribution >= 0.6 is 0 Å². The summed E-state index contributed by atoms with van der Waals surface area (Å²) in [6.07, 6.45) is -4.42. The molecule has 4 rings (SSSR count). The second kappa shape index (κ2) is 9.73. The van der Waals surface area contributed by atoms with Crippen molar-refractivity contribution < 1.29 is 28.9 Å². The molecule has 2 fully saturated rings. The predicted octanol–water partition coefficient (Wildman–Crippen LogP) is 3.30. The molecular weight excluding hydrogens is 408 g/mol. The van der Waals surface area contributed by atoms with Gasteiger partial charge >= 0.3 is 0 Å². The molecule has 2 aliphatic heterocycles. The van der Waals surface area contributed by atoms with Crippen LogP contribution in [0.15, 0.2) is 65.8 Å². The van der Waals surface area contributed by atoms with Gasteiger partial charge in [-0.15, -0.1) is 10.1 Å². The first-order valence-corrected chi connectivity index (χ1v) is 9.64. The SMILES string of the molecule is [N-]=[N+]=N[C@H]1[C@@H](O[N+](=O)[O-])O[C@@H]2COC(c3ccccc3)O[C@H]2[C@@H]1OCc1ccccc1. The third-order valence-electron chi connectivity index (χ3n) is 5.04. The van der Waals surface area contributed by atoms with E-state index >= 15 is 0 Å². The smallest absolute Gasteiger partial charge is 0.297 e. The van der Waals surface area contributed by atoms with Crippen LogP contribution in [0, 0.1) is 10.1 Å². The highest BCUT2D eigenvalue weighted by molar-refractivity contribution is 5.17. The maximum Gasteiger partial charge on any atom is 0.297 e. The van der Waals surface area contributed by atoms with Gasteiger partial charge in [-0.3, -0.25) is 4.84 Å². The summed E-state index contributed by atoms with van der Waals surface area (Å²) >= 11 is 0. The molecule has 6 atom stereocenters. The van der Waals surface area contributed by atoms with Crippen molar-refractivity contribution in [2.24, 2.45) is 5.11 Å². The van der Waals surface area contributed by atoms with Gasteiger partial charge in [0.2, 0.25) is 6.29 Å². The van der Waals surface area contributed by atoms with Gasteiger partial charge in [0.05, 0.1) is 19.3 Å². The molecule has 2 aliphatic rings. The third-order valence-corrected chi connectivity index (χ3v) is 5.04. The Hall–Kier alpha value is -3.21. The molecule has 11 nitrogen and oxygen atoms in total. The standard InChI is InChI=1S/C20H20N4O7/c21-23-22-16-18(27-11-13-7-3-1-4-8-13)17-15(29-20(16)31-24(25)26)12-28-19(30-17)14-9-5-2-6-10-14/h1-10,15-20H,11-12H2/t15-,16-,17-,18-,19?,20-/m1/s1. The lowest BCUT2D eigenvalue weighted by molar-refractivity contribution is -0.784. The topological polar surface area (TPSA) is 138 Å². The van der Waals surface area contributed by atoms with Gasteiger partial charge in [0.1, 0.15) is 18.2 Å². The van der Waals surface area contributed by atoms with E-state index in [1.54, 1.807) is 0 Å². The Morgan fingerprint density at radius 3 is 2.52 bits per heavy atom. The van der Waals surface area contributed by atoms with Gasteiger partial charge in [0.25, 0.3) is 5.09 Å². The lowest BCUT2D eigenvalue weighted by Gasteiger charge is -2.47. The van der Waals surface area contributed by atoms with Crippen LogP contribution in [0.3, 0.4) is 0 Å². The van der Waals surface area contributed by atoms with E-state index in [1.165, 1.54) is 0 Å². The molecular formula is C20H20N4O7. The van der Waals surface area contributed by atoms with E-state index < -0.39 is 42.0 Å². The van der Waals surface area contributed by atoms with Crippen molar-refractivity contribution in [3.63, 3.8) is 0 Å². The fourth-order valence-electron chi connectivity index (χ4n) is 3.65. The first kappa shape index (κ1) is 21.0. The molecule has 0 spiro atoms. The Balaban J connectivity index is 1.60. The highest BCUT2D eigenvalue weighted by Gasteiger charge is 2.51. The number of ether oxygens (including phenoxy) is 4. The number of benzene rings is 2. The Morgan fingerprint density at radius 2 is 1.84 bits per heavy atom. The normalized spacial score (nSPS) is 29.9. The highest BCUT2D eigenvalue weighted by atomic mass is 17.0. The monoisotopic (exact) mass is 428 g/mol. The number of hydrogen-bond donors (Lipinski definition) is 0. The van der Waals surface area contributed by atoms with Gasteiger partial charge in [-0.2, -0.15) is 0 Å². The molecule has 0 aliphatic carbocycles. The van der Waals surface area contributed by atoms with Crippen LogP contribution in [0.2, 0.25) is 0 Å². The molecule has 0 radical (unpaired) electrons. The summed E-state index contributed by atoms with van der Waals surface area (Å²) in [7, 11) is 0. The fourth-order valence-corrected chi connectivity index (χ4v) is 3.65. The molecule has 2 saturated heterocycles. The number of fused-ring (bicyclic) bond motifs is 1. The van der Waals surface area contributed by atoms with Crippen LogP contribution in [0.1, 0.15) is 17.4 Å². The van der Waals surface area contributed by atoms with Crippen molar-refractivity contribution in [1.29, 1.82) is 0 Å². The molecule has 1 unspecified atom stereocenters. The van der Waals surface area contributed by atoms with Gasteiger partial charge in [-0.05, 0) is 11.1 Å². The van der Waals surface area contributed by atoms with Crippen molar-refractivity contribution in [1.82, 2.24) is 0 Å². The molecule has 162 valence electrons. The molecule has 0 bridgehead atoms. The summed E-state index contributed by atoms with van der Waals surface area (Å²) in [6.45, 7) is 0.271. The first-order valence-electron chi connectivity index (χ1n) is 9.64. The van der Waals surface area contributed by atoms with Crippen LogP contribution in [-0.4, -0.2) is 42.3 Å². The molecule has 11 heteroatoms. The van der Waals surface area contributed by atoms with Gasteiger partial charge in [-0.25, -0.2) is 0 Å². The van der Waals surface area contributed by atoms with Crippen LogP contribution in [0.4, 0.5) is 0 Å². The molecule has 2 aromatic rings. The van der Waals surface area contributed by atoms with Gasteiger partial charge in [0, 0.05) is 10.5 Å². The molecule has 0 N–H and O–H groups in total. The van der Waals surface area contributed by atoms with Crippen LogP contribution in [-0.2, 0) is 30.4 Å². The molecule has 31 heavy (non-hydrogen) atoms. The largest absolute Gasteiger partial charge is 0.370 e. The van der Waals surface area contributed by atoms with E-state index in [1.807, 2.05) is 60.7 Å². The zero-order valence-corrected chi connectivity index (χ0v) is 16.3. The zero-order chi connectivity index (χ0) is 21.6. The van der Waals surface area contributed by atoms with Gasteiger partial charge in [0.15, 0.2) is 6.29 Å². The minimum absolute atomic E-state index is 0.0932. The summed E-state index contributed by atoms with van der Waals surface area (Å²) in [5.41, 5.74) is 10.7. The number of hydrogen-bond acceptors (Lipinski definition) is 8. The number of azide groups is 1. The third kappa shape index (κ3) is 4.93. The minimum Gasteiger partial charge on any atom is -0.370 e. The predicted molar refractivity (Wildman–Crippen MR) is 105 cm³/mol. The summed E-state index contributed by atoms with van der Waals surface area (Å²) in [6, 6.07) is 17.5. The first-order chi connectivity index (χ1) is 15.2. The Morgan fingerprint density at radius 1 is 1.13 bits per heavy atom. The second-order valence-electron chi connectivity index (χ2n) is 7.01. The van der Waals surface area contributed by atoms with Crippen molar-refractivity contribution in [3.8, 4) is 0 Å². The average molecular weight is 428 g/mol. The molecule has 0 amide bonds. The van der Waals surface area contributed by atoms with Crippen LogP contribution < -0.4 is 0 Å². The Bertz CT molecular complexity index is 926. The van der Waals surface area contributed by atoms with Crippen molar-refractivity contribution in [2.45, 2.75) is 43.5 Å². The maximum absolute atomic E-state index is 11.0. The van der Waals surface area contributed by atoms with Crippen LogP contribution in [0.25, 0.3) is 10.4 Å². The number of rotatable bonds is 7. The summed E-state index contributed by atoms with van der Waals surface area (Å²) in [4.78, 5) is 18.4. The highest BCUT2D eigenvalue weighted by Crippen LogP contribution is 2.37.